The highest BCUT2D eigenvalue weighted by molar-refractivity contribution is 6.05. The van der Waals surface area contributed by atoms with Crippen LogP contribution in [0.25, 0.3) is 0 Å². The highest BCUT2D eigenvalue weighted by Gasteiger charge is 2.46. The van der Waals surface area contributed by atoms with Gasteiger partial charge in [0.25, 0.3) is 0 Å². The van der Waals surface area contributed by atoms with E-state index in [0.29, 0.717) is 0 Å². The molecule has 2 aromatic rings. The molecule has 0 radical (unpaired) electrons. The third-order valence-electron chi connectivity index (χ3n) is 3.90. The minimum absolute atomic E-state index is 0.0132. The summed E-state index contributed by atoms with van der Waals surface area (Å²) in [5.41, 5.74) is 9.30. The molecule has 20 heavy (non-hydrogen) atoms. The van der Waals surface area contributed by atoms with Gasteiger partial charge in [0.2, 0.25) is 5.91 Å². The predicted octanol–water partition coefficient (Wildman–Crippen LogP) is 2.66. The molecular weight excluding hydrogens is 248 g/mol. The van der Waals surface area contributed by atoms with Crippen LogP contribution in [0.3, 0.4) is 0 Å². The number of carbonyl (C=O) groups excluding carboxylic acids is 1. The summed E-state index contributed by atoms with van der Waals surface area (Å²) < 4.78 is 0. The second-order valence-corrected chi connectivity index (χ2v) is 5.11. The van der Waals surface area contributed by atoms with Crippen LogP contribution >= 0.6 is 0 Å². The molecule has 0 bridgehead atoms. The fourth-order valence-corrected chi connectivity index (χ4v) is 2.69. The van der Waals surface area contributed by atoms with Crippen molar-refractivity contribution in [2.24, 2.45) is 5.73 Å². The lowest BCUT2D eigenvalue weighted by molar-refractivity contribution is -0.126. The van der Waals surface area contributed by atoms with Crippen molar-refractivity contribution in [2.75, 3.05) is 4.90 Å². The summed E-state index contributed by atoms with van der Waals surface area (Å²) in [6, 6.07) is 17.6. The average Bonchev–Trinajstić information content (AvgIpc) is 2.52. The maximum atomic E-state index is 12.1. The predicted molar refractivity (Wildman–Crippen MR) is 80.5 cm³/mol. The van der Waals surface area contributed by atoms with Crippen molar-refractivity contribution in [1.82, 2.24) is 0 Å². The molecule has 2 atom stereocenters. The first-order valence-electron chi connectivity index (χ1n) is 6.95. The molecule has 3 heteroatoms. The Morgan fingerprint density at radius 3 is 2.30 bits per heavy atom. The van der Waals surface area contributed by atoms with Crippen molar-refractivity contribution < 1.29 is 4.79 Å². The molecule has 0 spiro atoms. The van der Waals surface area contributed by atoms with Crippen molar-refractivity contribution in [3.05, 3.63) is 65.7 Å². The summed E-state index contributed by atoms with van der Waals surface area (Å²) in [6.45, 7) is 2.13. The lowest BCUT2D eigenvalue weighted by Gasteiger charge is -2.45. The van der Waals surface area contributed by atoms with Gasteiger partial charge >= 0.3 is 0 Å². The van der Waals surface area contributed by atoms with Gasteiger partial charge in [-0.15, -0.1) is 0 Å². The summed E-state index contributed by atoms with van der Waals surface area (Å²) in [5.74, 6) is -0.0132. The smallest absolute Gasteiger partial charge is 0.247 e. The van der Waals surface area contributed by atoms with E-state index >= 15 is 0 Å². The van der Waals surface area contributed by atoms with Crippen LogP contribution in [0.4, 0.5) is 5.69 Å². The van der Waals surface area contributed by atoms with E-state index in [1.807, 2.05) is 30.3 Å². The Bertz CT molecular complexity index is 607. The van der Waals surface area contributed by atoms with Gasteiger partial charge in [-0.05, 0) is 29.7 Å². The zero-order chi connectivity index (χ0) is 14.1. The van der Waals surface area contributed by atoms with Crippen LogP contribution in [0.15, 0.2) is 54.6 Å². The molecule has 0 aromatic heterocycles. The lowest BCUT2D eigenvalue weighted by Crippen LogP contribution is -2.63. The van der Waals surface area contributed by atoms with Crippen molar-refractivity contribution in [2.45, 2.75) is 25.4 Å². The van der Waals surface area contributed by atoms with Gasteiger partial charge in [-0.1, -0.05) is 49.4 Å². The Hall–Kier alpha value is -2.13. The van der Waals surface area contributed by atoms with Crippen molar-refractivity contribution in [3.63, 3.8) is 0 Å². The molecule has 1 saturated heterocycles. The Morgan fingerprint density at radius 1 is 1.05 bits per heavy atom. The Kier molecular flexibility index (Phi) is 3.28. The van der Waals surface area contributed by atoms with Crippen LogP contribution in [-0.2, 0) is 11.2 Å². The van der Waals surface area contributed by atoms with Crippen molar-refractivity contribution in [1.29, 1.82) is 0 Å². The molecule has 0 saturated carbocycles. The molecule has 1 heterocycles. The number of nitrogens with two attached hydrogens (primary N) is 1. The molecule has 2 aromatic carbocycles. The van der Waals surface area contributed by atoms with E-state index < -0.39 is 6.04 Å². The maximum absolute atomic E-state index is 12.1. The SMILES string of the molecule is CCc1ccc([C@H]2[C@@H](N)C(=O)N2c2ccccc2)cc1. The minimum atomic E-state index is -0.442. The second kappa shape index (κ2) is 5.10. The summed E-state index contributed by atoms with van der Waals surface area (Å²) in [6.07, 6.45) is 1.01. The largest absolute Gasteiger partial charge is 0.318 e. The highest BCUT2D eigenvalue weighted by Crippen LogP contribution is 2.37. The summed E-state index contributed by atoms with van der Waals surface area (Å²) in [5, 5.41) is 0. The number of para-hydroxylation sites is 1. The molecule has 3 rings (SSSR count). The highest BCUT2D eigenvalue weighted by atomic mass is 16.2. The lowest BCUT2D eigenvalue weighted by atomic mass is 9.88. The third-order valence-corrected chi connectivity index (χ3v) is 3.90. The first-order chi connectivity index (χ1) is 9.72. The fraction of sp³-hybridized carbons (Fsp3) is 0.235. The van der Waals surface area contributed by atoms with Crippen LogP contribution in [0.5, 0.6) is 0 Å². The quantitative estimate of drug-likeness (QED) is 0.868. The topological polar surface area (TPSA) is 46.3 Å². The number of anilines is 1. The van der Waals surface area contributed by atoms with Gasteiger partial charge in [0.1, 0.15) is 6.04 Å². The zero-order valence-corrected chi connectivity index (χ0v) is 11.5. The number of carbonyl (C=O) groups is 1. The van der Waals surface area contributed by atoms with E-state index in [9.17, 15) is 4.79 Å². The van der Waals surface area contributed by atoms with Crippen LogP contribution in [0.2, 0.25) is 0 Å². The number of rotatable bonds is 3. The van der Waals surface area contributed by atoms with Gasteiger partial charge < -0.3 is 10.6 Å². The molecule has 3 nitrogen and oxygen atoms in total. The van der Waals surface area contributed by atoms with Gasteiger partial charge in [-0.2, -0.15) is 0 Å². The number of hydrogen-bond acceptors (Lipinski definition) is 2. The number of aryl methyl sites for hydroxylation is 1. The Balaban J connectivity index is 1.92. The molecule has 1 aliphatic rings. The van der Waals surface area contributed by atoms with Crippen LogP contribution in [-0.4, -0.2) is 11.9 Å². The van der Waals surface area contributed by atoms with E-state index in [-0.39, 0.29) is 11.9 Å². The number of amides is 1. The number of benzene rings is 2. The van der Waals surface area contributed by atoms with Gasteiger partial charge in [0.15, 0.2) is 0 Å². The maximum Gasteiger partial charge on any atom is 0.247 e. The van der Waals surface area contributed by atoms with E-state index in [4.69, 9.17) is 5.73 Å². The van der Waals surface area contributed by atoms with Crippen molar-refractivity contribution in [3.8, 4) is 0 Å². The van der Waals surface area contributed by atoms with Gasteiger partial charge in [0, 0.05) is 5.69 Å². The van der Waals surface area contributed by atoms with E-state index in [1.165, 1.54) is 5.56 Å². The third kappa shape index (κ3) is 2.00. The summed E-state index contributed by atoms with van der Waals surface area (Å²) >= 11 is 0. The van der Waals surface area contributed by atoms with Crippen LogP contribution in [0.1, 0.15) is 24.1 Å². The number of nitrogens with zero attached hydrogens (tertiary/aromatic N) is 1. The monoisotopic (exact) mass is 266 g/mol. The van der Waals surface area contributed by atoms with E-state index in [2.05, 4.69) is 31.2 Å². The second-order valence-electron chi connectivity index (χ2n) is 5.11. The minimum Gasteiger partial charge on any atom is -0.318 e. The van der Waals surface area contributed by atoms with E-state index in [1.54, 1.807) is 4.90 Å². The number of β-lactam (4-membered cyclic amide) rings is 1. The normalized spacial score (nSPS) is 21.7. The Morgan fingerprint density at radius 2 is 1.70 bits per heavy atom. The number of hydrogen-bond donors (Lipinski definition) is 1. The van der Waals surface area contributed by atoms with Crippen LogP contribution in [0, 0.1) is 0 Å². The molecule has 1 amide bonds. The molecular formula is C17H18N2O. The van der Waals surface area contributed by atoms with Crippen LogP contribution < -0.4 is 10.6 Å². The van der Waals surface area contributed by atoms with Gasteiger partial charge in [-0.3, -0.25) is 4.79 Å². The fourth-order valence-electron chi connectivity index (χ4n) is 2.69. The Labute approximate surface area is 119 Å². The van der Waals surface area contributed by atoms with E-state index in [0.717, 1.165) is 17.7 Å². The molecule has 0 unspecified atom stereocenters. The zero-order valence-electron chi connectivity index (χ0n) is 11.5. The molecule has 0 aliphatic carbocycles. The molecule has 102 valence electrons. The summed E-state index contributed by atoms with van der Waals surface area (Å²) in [7, 11) is 0. The average molecular weight is 266 g/mol. The standard InChI is InChI=1S/C17H18N2O/c1-2-12-8-10-13(11-9-12)16-15(18)17(20)19(16)14-6-4-3-5-7-14/h3-11,15-16H,2,18H2,1H3/t15-,16+/m1/s1. The van der Waals surface area contributed by atoms with Crippen molar-refractivity contribution >= 4 is 11.6 Å². The van der Waals surface area contributed by atoms with Gasteiger partial charge in [-0.25, -0.2) is 0 Å². The summed E-state index contributed by atoms with van der Waals surface area (Å²) in [4.78, 5) is 13.9. The molecule has 1 fully saturated rings. The molecule has 1 aliphatic heterocycles. The molecule has 2 N–H and O–H groups in total. The van der Waals surface area contributed by atoms with Gasteiger partial charge in [0.05, 0.1) is 6.04 Å². The first-order valence-corrected chi connectivity index (χ1v) is 6.95. The first kappa shape index (κ1) is 12.9.